The van der Waals surface area contributed by atoms with E-state index in [-0.39, 0.29) is 5.91 Å². The molecule has 1 amide bonds. The standard InChI is InChI=1S/C20H28N4O2S2/c1-26-16-9-11-17(12-10-16)28-14-19(25)21-13-5-8-18-22-23-20(27-2)24(18)15-6-3-4-7-15/h9-12,15H,3-8,13-14H2,1-2H3,(H,21,25). The molecule has 3 rings (SSSR count). The number of aromatic nitrogens is 3. The molecule has 1 aromatic heterocycles. The first-order valence-corrected chi connectivity index (χ1v) is 11.9. The number of benzene rings is 1. The molecule has 0 unspecified atom stereocenters. The number of hydrogen-bond acceptors (Lipinski definition) is 6. The Kier molecular flexibility index (Phi) is 8.09. The SMILES string of the molecule is COc1ccc(SCC(=O)NCCCc2nnc(SC)n2C2CCCC2)cc1. The molecule has 1 fully saturated rings. The molecule has 1 aromatic carbocycles. The molecule has 0 radical (unpaired) electrons. The minimum Gasteiger partial charge on any atom is -0.497 e. The maximum absolute atomic E-state index is 12.1. The summed E-state index contributed by atoms with van der Waals surface area (Å²) < 4.78 is 7.48. The van der Waals surface area contributed by atoms with Crippen molar-refractivity contribution in [1.29, 1.82) is 0 Å². The van der Waals surface area contributed by atoms with Crippen LogP contribution in [0.3, 0.4) is 0 Å². The van der Waals surface area contributed by atoms with Crippen LogP contribution in [0.4, 0.5) is 0 Å². The van der Waals surface area contributed by atoms with Gasteiger partial charge in [-0.15, -0.1) is 22.0 Å². The highest BCUT2D eigenvalue weighted by Gasteiger charge is 2.23. The van der Waals surface area contributed by atoms with Gasteiger partial charge in [0.1, 0.15) is 11.6 Å². The van der Waals surface area contributed by atoms with E-state index in [1.165, 1.54) is 37.4 Å². The predicted molar refractivity (Wildman–Crippen MR) is 114 cm³/mol. The minimum atomic E-state index is 0.0582. The van der Waals surface area contributed by atoms with Gasteiger partial charge in [-0.05, 0) is 49.8 Å². The maximum atomic E-state index is 12.1. The zero-order chi connectivity index (χ0) is 19.8. The molecular formula is C20H28N4O2S2. The van der Waals surface area contributed by atoms with Crippen LogP contribution in [0.2, 0.25) is 0 Å². The molecule has 0 spiro atoms. The fourth-order valence-corrected chi connectivity index (χ4v) is 4.79. The van der Waals surface area contributed by atoms with Crippen molar-refractivity contribution in [2.45, 2.75) is 54.6 Å². The number of nitrogens with zero attached hydrogens (tertiary/aromatic N) is 3. The first-order valence-electron chi connectivity index (χ1n) is 9.72. The lowest BCUT2D eigenvalue weighted by Gasteiger charge is -2.16. The molecule has 0 atom stereocenters. The zero-order valence-electron chi connectivity index (χ0n) is 16.5. The van der Waals surface area contributed by atoms with Crippen molar-refractivity contribution in [3.8, 4) is 5.75 Å². The number of methoxy groups -OCH3 is 1. The second-order valence-electron chi connectivity index (χ2n) is 6.83. The van der Waals surface area contributed by atoms with Gasteiger partial charge in [0.25, 0.3) is 0 Å². The van der Waals surface area contributed by atoms with Crippen LogP contribution < -0.4 is 10.1 Å². The Balaban J connectivity index is 1.40. The number of ether oxygens (including phenoxy) is 1. The van der Waals surface area contributed by atoms with E-state index in [1.807, 2.05) is 24.3 Å². The van der Waals surface area contributed by atoms with Crippen molar-refractivity contribution < 1.29 is 9.53 Å². The third kappa shape index (κ3) is 5.67. The highest BCUT2D eigenvalue weighted by molar-refractivity contribution is 8.00. The fraction of sp³-hybridized carbons (Fsp3) is 0.550. The van der Waals surface area contributed by atoms with Crippen LogP contribution >= 0.6 is 23.5 Å². The number of thioether (sulfide) groups is 2. The minimum absolute atomic E-state index is 0.0582. The summed E-state index contributed by atoms with van der Waals surface area (Å²) in [6.45, 7) is 0.661. The van der Waals surface area contributed by atoms with Gasteiger partial charge in [-0.3, -0.25) is 4.79 Å². The molecule has 8 heteroatoms. The molecule has 1 aliphatic carbocycles. The van der Waals surface area contributed by atoms with Gasteiger partial charge in [0, 0.05) is 23.9 Å². The fourth-order valence-electron chi connectivity index (χ4n) is 3.49. The van der Waals surface area contributed by atoms with Crippen LogP contribution in [-0.4, -0.2) is 46.3 Å². The zero-order valence-corrected chi connectivity index (χ0v) is 18.2. The molecule has 0 saturated heterocycles. The van der Waals surface area contributed by atoms with Gasteiger partial charge in [-0.25, -0.2) is 0 Å². The van der Waals surface area contributed by atoms with Gasteiger partial charge in [0.15, 0.2) is 5.16 Å². The van der Waals surface area contributed by atoms with Crippen molar-refractivity contribution in [3.63, 3.8) is 0 Å². The predicted octanol–water partition coefficient (Wildman–Crippen LogP) is 3.96. The average Bonchev–Trinajstić information content (AvgIpc) is 3.39. The van der Waals surface area contributed by atoms with E-state index in [2.05, 4.69) is 26.3 Å². The Bertz CT molecular complexity index is 758. The third-order valence-electron chi connectivity index (χ3n) is 4.94. The molecule has 1 aliphatic rings. The molecular weight excluding hydrogens is 392 g/mol. The summed E-state index contributed by atoms with van der Waals surface area (Å²) in [5, 5.41) is 12.8. The van der Waals surface area contributed by atoms with E-state index in [9.17, 15) is 4.79 Å². The summed E-state index contributed by atoms with van der Waals surface area (Å²) >= 11 is 3.19. The highest BCUT2D eigenvalue weighted by atomic mass is 32.2. The van der Waals surface area contributed by atoms with E-state index in [1.54, 1.807) is 18.9 Å². The van der Waals surface area contributed by atoms with Crippen LogP contribution in [0.5, 0.6) is 5.75 Å². The van der Waals surface area contributed by atoms with Crippen molar-refractivity contribution in [2.24, 2.45) is 0 Å². The molecule has 2 aromatic rings. The van der Waals surface area contributed by atoms with E-state index < -0.39 is 0 Å². The first kappa shape index (κ1) is 21.0. The Hall–Kier alpha value is -1.67. The van der Waals surface area contributed by atoms with E-state index in [0.29, 0.717) is 18.3 Å². The van der Waals surface area contributed by atoms with Crippen LogP contribution in [-0.2, 0) is 11.2 Å². The van der Waals surface area contributed by atoms with Crippen LogP contribution in [0.25, 0.3) is 0 Å². The second-order valence-corrected chi connectivity index (χ2v) is 8.65. The third-order valence-corrected chi connectivity index (χ3v) is 6.59. The Labute approximate surface area is 175 Å². The van der Waals surface area contributed by atoms with Gasteiger partial charge >= 0.3 is 0 Å². The number of carbonyl (C=O) groups excluding carboxylic acids is 1. The number of hydrogen-bond donors (Lipinski definition) is 1. The number of nitrogens with one attached hydrogen (secondary N) is 1. The molecule has 28 heavy (non-hydrogen) atoms. The van der Waals surface area contributed by atoms with Gasteiger partial charge in [-0.1, -0.05) is 24.6 Å². The molecule has 152 valence electrons. The lowest BCUT2D eigenvalue weighted by atomic mass is 10.2. The highest BCUT2D eigenvalue weighted by Crippen LogP contribution is 2.33. The van der Waals surface area contributed by atoms with Gasteiger partial charge in [0.05, 0.1) is 12.9 Å². The maximum Gasteiger partial charge on any atom is 0.230 e. The molecule has 1 heterocycles. The molecule has 1 saturated carbocycles. The average molecular weight is 421 g/mol. The first-order chi connectivity index (χ1) is 13.7. The summed E-state index contributed by atoms with van der Waals surface area (Å²) in [4.78, 5) is 13.1. The molecule has 1 N–H and O–H groups in total. The number of carbonyl (C=O) groups is 1. The lowest BCUT2D eigenvalue weighted by Crippen LogP contribution is -2.26. The van der Waals surface area contributed by atoms with Crippen molar-refractivity contribution in [2.75, 3.05) is 25.7 Å². The summed E-state index contributed by atoms with van der Waals surface area (Å²) in [6, 6.07) is 8.29. The largest absolute Gasteiger partial charge is 0.497 e. The topological polar surface area (TPSA) is 69.0 Å². The lowest BCUT2D eigenvalue weighted by molar-refractivity contribution is -0.118. The van der Waals surface area contributed by atoms with Gasteiger partial charge in [-0.2, -0.15) is 0 Å². The van der Waals surface area contributed by atoms with Crippen LogP contribution in [0.1, 0.15) is 44.0 Å². The summed E-state index contributed by atoms with van der Waals surface area (Å²) in [6.07, 6.45) is 8.79. The second kappa shape index (κ2) is 10.8. The smallest absolute Gasteiger partial charge is 0.230 e. The van der Waals surface area contributed by atoms with E-state index >= 15 is 0 Å². The van der Waals surface area contributed by atoms with Crippen LogP contribution in [0, 0.1) is 0 Å². The van der Waals surface area contributed by atoms with E-state index in [4.69, 9.17) is 4.74 Å². The molecule has 0 bridgehead atoms. The van der Waals surface area contributed by atoms with Crippen LogP contribution in [0.15, 0.2) is 34.3 Å². The summed E-state index contributed by atoms with van der Waals surface area (Å²) in [5.74, 6) is 2.35. The number of rotatable bonds is 10. The Morgan fingerprint density at radius 3 is 2.68 bits per heavy atom. The van der Waals surface area contributed by atoms with Gasteiger partial charge in [0.2, 0.25) is 5.91 Å². The van der Waals surface area contributed by atoms with E-state index in [0.717, 1.165) is 34.5 Å². The van der Waals surface area contributed by atoms with Crippen molar-refractivity contribution in [1.82, 2.24) is 20.1 Å². The Morgan fingerprint density at radius 1 is 1.25 bits per heavy atom. The number of aryl methyl sites for hydroxylation is 1. The normalized spacial score (nSPS) is 14.4. The summed E-state index contributed by atoms with van der Waals surface area (Å²) in [5.41, 5.74) is 0. The van der Waals surface area contributed by atoms with Gasteiger partial charge < -0.3 is 14.6 Å². The Morgan fingerprint density at radius 2 is 2.00 bits per heavy atom. The van der Waals surface area contributed by atoms with Crippen molar-refractivity contribution in [3.05, 3.63) is 30.1 Å². The summed E-state index contributed by atoms with van der Waals surface area (Å²) in [7, 11) is 1.65. The number of amides is 1. The molecule has 6 nitrogen and oxygen atoms in total. The quantitative estimate of drug-likeness (QED) is 0.463. The molecule has 0 aliphatic heterocycles. The van der Waals surface area contributed by atoms with Crippen molar-refractivity contribution >= 4 is 29.4 Å². The monoisotopic (exact) mass is 420 g/mol.